The molecule has 3 rings (SSSR count). The number of hydrogen-bond acceptors (Lipinski definition) is 2. The van der Waals surface area contributed by atoms with E-state index < -0.39 is 0 Å². The maximum absolute atomic E-state index is 13.4. The van der Waals surface area contributed by atoms with Crippen molar-refractivity contribution in [3.8, 4) is 0 Å². The summed E-state index contributed by atoms with van der Waals surface area (Å²) in [6.07, 6.45) is 2.51. The number of rotatable bonds is 1. The van der Waals surface area contributed by atoms with Crippen LogP contribution in [0.1, 0.15) is 24.8 Å². The average Bonchev–Trinajstić information content (AvgIpc) is 2.91. The van der Waals surface area contributed by atoms with Gasteiger partial charge in [0.25, 0.3) is 0 Å². The third-order valence-corrected chi connectivity index (χ3v) is 4.68. The molecule has 1 heterocycles. The van der Waals surface area contributed by atoms with Gasteiger partial charge in [0, 0.05) is 0 Å². The lowest BCUT2D eigenvalue weighted by atomic mass is 10.00. The van der Waals surface area contributed by atoms with E-state index in [9.17, 15) is 14.0 Å². The molecule has 0 N–H and O–H groups in total. The summed E-state index contributed by atoms with van der Waals surface area (Å²) in [5, 5.41) is 0. The topological polar surface area (TPSA) is 37.4 Å². The van der Waals surface area contributed by atoms with Gasteiger partial charge in [0.1, 0.15) is 5.82 Å². The molecule has 0 radical (unpaired) electrons. The number of fused-ring (bicyclic) bond motifs is 1. The summed E-state index contributed by atoms with van der Waals surface area (Å²) in [5.74, 6) is -0.991. The van der Waals surface area contributed by atoms with Crippen molar-refractivity contribution in [2.24, 2.45) is 11.8 Å². The molecule has 2 amide bonds. The first-order chi connectivity index (χ1) is 9.00. The van der Waals surface area contributed by atoms with E-state index in [1.54, 1.807) is 6.92 Å². The lowest BCUT2D eigenvalue weighted by molar-refractivity contribution is -0.122. The second-order valence-corrected chi connectivity index (χ2v) is 6.06. The van der Waals surface area contributed by atoms with Crippen molar-refractivity contribution < 1.29 is 14.0 Å². The number of imide groups is 1. The van der Waals surface area contributed by atoms with E-state index in [-0.39, 0.29) is 33.9 Å². The summed E-state index contributed by atoms with van der Waals surface area (Å²) in [6, 6.07) is 2.86. The molecule has 2 atom stereocenters. The van der Waals surface area contributed by atoms with Gasteiger partial charge in [-0.3, -0.25) is 9.59 Å². The first-order valence-electron chi connectivity index (χ1n) is 6.34. The lowest BCUT2D eigenvalue weighted by Crippen LogP contribution is -2.32. The zero-order chi connectivity index (χ0) is 13.7. The number of hydrogen-bond donors (Lipinski definition) is 0. The molecular weight excluding hydrogens is 313 g/mol. The lowest BCUT2D eigenvalue weighted by Gasteiger charge is -2.18. The van der Waals surface area contributed by atoms with Crippen molar-refractivity contribution in [1.82, 2.24) is 0 Å². The molecule has 1 aromatic rings. The van der Waals surface area contributed by atoms with Crippen LogP contribution in [0.5, 0.6) is 0 Å². The maximum atomic E-state index is 13.4. The predicted octanol–water partition coefficient (Wildman–Crippen LogP) is 3.19. The Morgan fingerprint density at radius 1 is 1.21 bits per heavy atom. The molecule has 1 aliphatic heterocycles. The second-order valence-electron chi connectivity index (χ2n) is 5.21. The molecule has 1 saturated carbocycles. The number of carbonyl (C=O) groups excluding carboxylic acids is 2. The van der Waals surface area contributed by atoms with Crippen molar-refractivity contribution in [3.63, 3.8) is 0 Å². The van der Waals surface area contributed by atoms with Gasteiger partial charge in [-0.2, -0.15) is 0 Å². The molecule has 1 aliphatic carbocycles. The molecular formula is C14H13BrFNO2. The number of anilines is 1. The van der Waals surface area contributed by atoms with Gasteiger partial charge in [0.2, 0.25) is 11.8 Å². The highest BCUT2D eigenvalue weighted by atomic mass is 79.9. The predicted molar refractivity (Wildman–Crippen MR) is 72.2 cm³/mol. The van der Waals surface area contributed by atoms with Gasteiger partial charge >= 0.3 is 0 Å². The van der Waals surface area contributed by atoms with Crippen LogP contribution in [0.4, 0.5) is 10.1 Å². The number of carbonyl (C=O) groups is 2. The van der Waals surface area contributed by atoms with Crippen LogP contribution in [0.15, 0.2) is 16.6 Å². The Morgan fingerprint density at radius 2 is 1.79 bits per heavy atom. The van der Waals surface area contributed by atoms with Crippen molar-refractivity contribution in [2.45, 2.75) is 26.2 Å². The fourth-order valence-electron chi connectivity index (χ4n) is 3.11. The van der Waals surface area contributed by atoms with Gasteiger partial charge in [-0.25, -0.2) is 9.29 Å². The summed E-state index contributed by atoms with van der Waals surface area (Å²) in [6.45, 7) is 1.71. The van der Waals surface area contributed by atoms with E-state index in [0.29, 0.717) is 11.3 Å². The molecule has 100 valence electrons. The Hall–Kier alpha value is -1.23. The summed E-state index contributed by atoms with van der Waals surface area (Å²) < 4.78 is 13.7. The zero-order valence-corrected chi connectivity index (χ0v) is 12.0. The Balaban J connectivity index is 2.06. The van der Waals surface area contributed by atoms with E-state index >= 15 is 0 Å². The van der Waals surface area contributed by atoms with Crippen LogP contribution in [0.3, 0.4) is 0 Å². The Kier molecular flexibility index (Phi) is 2.96. The van der Waals surface area contributed by atoms with E-state index in [1.165, 1.54) is 17.0 Å². The monoisotopic (exact) mass is 325 g/mol. The third-order valence-electron chi connectivity index (χ3n) is 4.07. The smallest absolute Gasteiger partial charge is 0.237 e. The minimum absolute atomic E-state index is 0.130. The van der Waals surface area contributed by atoms with Crippen molar-refractivity contribution in [3.05, 3.63) is 28.0 Å². The Morgan fingerprint density at radius 3 is 2.37 bits per heavy atom. The SMILES string of the molecule is Cc1cc(F)c(Br)cc1N1C(=O)C2CCCC2C1=O. The molecule has 1 saturated heterocycles. The van der Waals surface area contributed by atoms with Gasteiger partial charge in [-0.15, -0.1) is 0 Å². The third kappa shape index (κ3) is 1.83. The number of nitrogens with zero attached hydrogens (tertiary/aromatic N) is 1. The molecule has 0 aromatic heterocycles. The fraction of sp³-hybridized carbons (Fsp3) is 0.429. The van der Waals surface area contributed by atoms with E-state index in [0.717, 1.165) is 19.3 Å². The van der Waals surface area contributed by atoms with Crippen LogP contribution in [0, 0.1) is 24.6 Å². The highest BCUT2D eigenvalue weighted by Crippen LogP contribution is 2.42. The van der Waals surface area contributed by atoms with E-state index in [2.05, 4.69) is 15.9 Å². The Labute approximate surface area is 118 Å². The average molecular weight is 326 g/mol. The first kappa shape index (κ1) is 12.8. The van der Waals surface area contributed by atoms with Crippen LogP contribution in [-0.2, 0) is 9.59 Å². The number of aryl methyl sites for hydroxylation is 1. The largest absolute Gasteiger partial charge is 0.274 e. The minimum atomic E-state index is -0.388. The van der Waals surface area contributed by atoms with Crippen LogP contribution in [0.2, 0.25) is 0 Å². The highest BCUT2D eigenvalue weighted by Gasteiger charge is 2.50. The summed E-state index contributed by atoms with van der Waals surface area (Å²) in [5.41, 5.74) is 1.10. The summed E-state index contributed by atoms with van der Waals surface area (Å²) in [7, 11) is 0. The quantitative estimate of drug-likeness (QED) is 0.744. The number of benzene rings is 1. The summed E-state index contributed by atoms with van der Waals surface area (Å²) >= 11 is 3.10. The molecule has 2 aliphatic rings. The zero-order valence-electron chi connectivity index (χ0n) is 10.5. The van der Waals surface area contributed by atoms with Crippen LogP contribution in [-0.4, -0.2) is 11.8 Å². The summed E-state index contributed by atoms with van der Waals surface area (Å²) in [4.78, 5) is 25.9. The fourth-order valence-corrected chi connectivity index (χ4v) is 3.44. The van der Waals surface area contributed by atoms with Gasteiger partial charge in [-0.05, 0) is 53.4 Å². The molecule has 3 nitrogen and oxygen atoms in total. The molecule has 2 fully saturated rings. The Bertz CT molecular complexity index is 565. The number of amides is 2. The molecule has 5 heteroatoms. The van der Waals surface area contributed by atoms with Crippen molar-refractivity contribution in [2.75, 3.05) is 4.90 Å². The van der Waals surface area contributed by atoms with Crippen molar-refractivity contribution in [1.29, 1.82) is 0 Å². The first-order valence-corrected chi connectivity index (χ1v) is 7.13. The van der Waals surface area contributed by atoms with Crippen LogP contribution < -0.4 is 4.90 Å². The van der Waals surface area contributed by atoms with Crippen LogP contribution in [0.25, 0.3) is 0 Å². The molecule has 19 heavy (non-hydrogen) atoms. The van der Waals surface area contributed by atoms with Gasteiger partial charge in [-0.1, -0.05) is 6.42 Å². The van der Waals surface area contributed by atoms with Gasteiger partial charge < -0.3 is 0 Å². The van der Waals surface area contributed by atoms with E-state index in [1.807, 2.05) is 0 Å². The molecule has 1 aromatic carbocycles. The van der Waals surface area contributed by atoms with Crippen molar-refractivity contribution >= 4 is 33.4 Å². The molecule has 2 unspecified atom stereocenters. The van der Waals surface area contributed by atoms with Gasteiger partial charge in [0.05, 0.1) is 22.0 Å². The maximum Gasteiger partial charge on any atom is 0.237 e. The second kappa shape index (κ2) is 4.40. The molecule has 0 bridgehead atoms. The number of halogens is 2. The van der Waals surface area contributed by atoms with Gasteiger partial charge in [0.15, 0.2) is 0 Å². The normalized spacial score (nSPS) is 26.2. The highest BCUT2D eigenvalue weighted by molar-refractivity contribution is 9.10. The standard InChI is InChI=1S/C14H13BrFNO2/c1-7-5-11(16)10(15)6-12(7)17-13(18)8-3-2-4-9(8)14(17)19/h5-6,8-9H,2-4H2,1H3. The van der Waals surface area contributed by atoms with Crippen LogP contribution >= 0.6 is 15.9 Å². The molecule has 0 spiro atoms. The minimum Gasteiger partial charge on any atom is -0.274 e. The van der Waals surface area contributed by atoms with E-state index in [4.69, 9.17) is 0 Å².